The zero-order valence-corrected chi connectivity index (χ0v) is 21.9. The van der Waals surface area contributed by atoms with E-state index in [1.54, 1.807) is 0 Å². The Morgan fingerprint density at radius 2 is 1.68 bits per heavy atom. The molecular weight excluding hydrogens is 426 g/mol. The number of sulfonamides is 1. The van der Waals surface area contributed by atoms with Crippen LogP contribution in [0.4, 0.5) is 5.69 Å². The van der Waals surface area contributed by atoms with Gasteiger partial charge in [0, 0.05) is 15.2 Å². The lowest BCUT2D eigenvalue weighted by Crippen LogP contribution is -2.26. The molecule has 1 aromatic carbocycles. The minimum Gasteiger partial charge on any atom is -0.393 e. The summed E-state index contributed by atoms with van der Waals surface area (Å²) in [5.74, 6) is 0. The Hall–Kier alpha value is -1.37. The lowest BCUT2D eigenvalue weighted by Gasteiger charge is -2.32. The Morgan fingerprint density at radius 3 is 2.16 bits per heavy atom. The average Bonchev–Trinajstić information content (AvgIpc) is 3.02. The molecular formula is C25H39NO3S2. The summed E-state index contributed by atoms with van der Waals surface area (Å²) in [5.41, 5.74) is 3.85. The largest absolute Gasteiger partial charge is 0.393 e. The number of benzene rings is 1. The van der Waals surface area contributed by atoms with Gasteiger partial charge in [0.2, 0.25) is 10.0 Å². The molecule has 0 aliphatic heterocycles. The maximum Gasteiger partial charge on any atom is 0.229 e. The van der Waals surface area contributed by atoms with Crippen LogP contribution in [0.25, 0.3) is 0 Å². The van der Waals surface area contributed by atoms with Crippen molar-refractivity contribution in [1.82, 2.24) is 0 Å². The van der Waals surface area contributed by atoms with Gasteiger partial charge in [-0.1, -0.05) is 46.8 Å². The number of aryl methyl sites for hydroxylation is 3. The van der Waals surface area contributed by atoms with Gasteiger partial charge in [0.1, 0.15) is 0 Å². The van der Waals surface area contributed by atoms with Crippen LogP contribution in [0, 0.1) is 19.3 Å². The van der Waals surface area contributed by atoms with E-state index in [9.17, 15) is 13.5 Å². The standard InChI is InChI=1S/C25H39NO3S2/c1-9-25(10-2,19-11-12-20(17(3)15-19)26-31(8,28)29)23-16-18(4)21(30-23)13-14-22(27)24(5,6)7/h11-12,15-16,22,26-27H,9-10,13-14H2,1-8H3. The molecule has 1 unspecified atom stereocenters. The van der Waals surface area contributed by atoms with Gasteiger partial charge in [0.05, 0.1) is 18.0 Å². The second kappa shape index (κ2) is 9.63. The molecule has 4 nitrogen and oxygen atoms in total. The molecule has 0 amide bonds. The molecule has 2 rings (SSSR count). The molecule has 174 valence electrons. The Bertz CT molecular complexity index is 996. The maximum atomic E-state index is 11.7. The van der Waals surface area contributed by atoms with Crippen molar-refractivity contribution in [2.45, 2.75) is 85.7 Å². The summed E-state index contributed by atoms with van der Waals surface area (Å²) in [6.45, 7) is 14.8. The van der Waals surface area contributed by atoms with Crippen LogP contribution in [0.2, 0.25) is 0 Å². The Labute approximate surface area is 193 Å². The molecule has 1 aromatic heterocycles. The summed E-state index contributed by atoms with van der Waals surface area (Å²) in [7, 11) is -3.31. The van der Waals surface area contributed by atoms with Gasteiger partial charge in [0.25, 0.3) is 0 Å². The minimum atomic E-state index is -3.31. The van der Waals surface area contributed by atoms with Crippen molar-refractivity contribution in [1.29, 1.82) is 0 Å². The SMILES string of the molecule is CCC(CC)(c1ccc(NS(C)(=O)=O)c(C)c1)c1cc(C)c(CCC(O)C(C)(C)C)s1. The predicted molar refractivity (Wildman–Crippen MR) is 134 cm³/mol. The fourth-order valence-electron chi connectivity index (χ4n) is 4.13. The van der Waals surface area contributed by atoms with Crippen molar-refractivity contribution in [3.8, 4) is 0 Å². The molecule has 0 spiro atoms. The topological polar surface area (TPSA) is 66.4 Å². The monoisotopic (exact) mass is 465 g/mol. The van der Waals surface area contributed by atoms with Gasteiger partial charge in [-0.05, 0) is 73.8 Å². The summed E-state index contributed by atoms with van der Waals surface area (Å²) in [6, 6.07) is 8.38. The van der Waals surface area contributed by atoms with Crippen LogP contribution in [-0.4, -0.2) is 25.9 Å². The first-order valence-corrected chi connectivity index (χ1v) is 13.8. The van der Waals surface area contributed by atoms with E-state index in [-0.39, 0.29) is 16.9 Å². The molecule has 1 atom stereocenters. The third-order valence-corrected chi connectivity index (χ3v) is 8.51. The molecule has 0 bridgehead atoms. The van der Waals surface area contributed by atoms with Crippen LogP contribution in [0.3, 0.4) is 0 Å². The number of nitrogens with one attached hydrogen (secondary N) is 1. The number of hydrogen-bond donors (Lipinski definition) is 2. The van der Waals surface area contributed by atoms with Gasteiger partial charge in [-0.25, -0.2) is 8.42 Å². The van der Waals surface area contributed by atoms with E-state index >= 15 is 0 Å². The van der Waals surface area contributed by atoms with E-state index in [4.69, 9.17) is 0 Å². The van der Waals surface area contributed by atoms with E-state index in [1.165, 1.54) is 27.1 Å². The van der Waals surface area contributed by atoms with Gasteiger partial charge in [0.15, 0.2) is 0 Å². The molecule has 1 heterocycles. The summed E-state index contributed by atoms with van der Waals surface area (Å²) < 4.78 is 25.9. The Morgan fingerprint density at radius 1 is 1.06 bits per heavy atom. The first-order chi connectivity index (χ1) is 14.2. The zero-order valence-electron chi connectivity index (χ0n) is 20.3. The second-order valence-electron chi connectivity index (χ2n) is 9.83. The highest BCUT2D eigenvalue weighted by Gasteiger charge is 2.33. The van der Waals surface area contributed by atoms with E-state index in [2.05, 4.69) is 64.5 Å². The number of thiophene rings is 1. The smallest absolute Gasteiger partial charge is 0.229 e. The molecule has 0 aliphatic rings. The van der Waals surface area contributed by atoms with Crippen LogP contribution >= 0.6 is 11.3 Å². The van der Waals surface area contributed by atoms with Gasteiger partial charge >= 0.3 is 0 Å². The fourth-order valence-corrected chi connectivity index (χ4v) is 6.30. The third-order valence-electron chi connectivity index (χ3n) is 6.42. The molecule has 0 aliphatic carbocycles. The van der Waals surface area contributed by atoms with Crippen LogP contribution < -0.4 is 4.72 Å². The highest BCUT2D eigenvalue weighted by Crippen LogP contribution is 2.44. The highest BCUT2D eigenvalue weighted by atomic mass is 32.2. The van der Waals surface area contributed by atoms with Gasteiger partial charge in [-0.3, -0.25) is 4.72 Å². The zero-order chi connectivity index (χ0) is 23.6. The molecule has 0 radical (unpaired) electrons. The number of rotatable bonds is 9. The van der Waals surface area contributed by atoms with Crippen molar-refractivity contribution < 1.29 is 13.5 Å². The third kappa shape index (κ3) is 6.11. The number of aliphatic hydroxyl groups excluding tert-OH is 1. The summed E-state index contributed by atoms with van der Waals surface area (Å²) >= 11 is 1.86. The quantitative estimate of drug-likeness (QED) is 0.464. The number of hydrogen-bond acceptors (Lipinski definition) is 4. The molecule has 2 N–H and O–H groups in total. The van der Waals surface area contributed by atoms with Gasteiger partial charge < -0.3 is 5.11 Å². The van der Waals surface area contributed by atoms with Crippen LogP contribution in [0.15, 0.2) is 24.3 Å². The summed E-state index contributed by atoms with van der Waals surface area (Å²) in [4.78, 5) is 2.69. The fraction of sp³-hybridized carbons (Fsp3) is 0.600. The average molecular weight is 466 g/mol. The van der Waals surface area contributed by atoms with Crippen molar-refractivity contribution in [2.75, 3.05) is 11.0 Å². The lowest BCUT2D eigenvalue weighted by atomic mass is 9.74. The van der Waals surface area contributed by atoms with Crippen LogP contribution in [0.5, 0.6) is 0 Å². The second-order valence-corrected chi connectivity index (χ2v) is 12.7. The predicted octanol–water partition coefficient (Wildman–Crippen LogP) is 6.18. The van der Waals surface area contributed by atoms with Crippen molar-refractivity contribution in [2.24, 2.45) is 5.41 Å². The van der Waals surface area contributed by atoms with Gasteiger partial charge in [-0.2, -0.15) is 0 Å². The molecule has 0 fully saturated rings. The summed E-state index contributed by atoms with van der Waals surface area (Å²) in [5, 5.41) is 10.5. The number of aliphatic hydroxyl groups is 1. The molecule has 6 heteroatoms. The van der Waals surface area contributed by atoms with Gasteiger partial charge in [-0.15, -0.1) is 11.3 Å². The van der Waals surface area contributed by atoms with Crippen molar-refractivity contribution >= 4 is 27.0 Å². The molecule has 0 saturated heterocycles. The molecule has 0 saturated carbocycles. The van der Waals surface area contributed by atoms with Crippen molar-refractivity contribution in [3.63, 3.8) is 0 Å². The van der Waals surface area contributed by atoms with Crippen LogP contribution in [-0.2, 0) is 21.9 Å². The van der Waals surface area contributed by atoms with E-state index < -0.39 is 10.0 Å². The normalized spacial score (nSPS) is 14.0. The lowest BCUT2D eigenvalue weighted by molar-refractivity contribution is 0.0561. The van der Waals surface area contributed by atoms with Crippen LogP contribution in [0.1, 0.15) is 80.3 Å². The van der Waals surface area contributed by atoms with E-state index in [0.29, 0.717) is 5.69 Å². The highest BCUT2D eigenvalue weighted by molar-refractivity contribution is 7.92. The number of anilines is 1. The van der Waals surface area contributed by atoms with E-state index in [1.807, 2.05) is 24.3 Å². The van der Waals surface area contributed by atoms with E-state index in [0.717, 1.165) is 31.2 Å². The Balaban J connectivity index is 2.40. The first kappa shape index (κ1) is 25.9. The first-order valence-electron chi connectivity index (χ1n) is 11.1. The minimum absolute atomic E-state index is 0.106. The molecule has 2 aromatic rings. The molecule has 31 heavy (non-hydrogen) atoms. The summed E-state index contributed by atoms with van der Waals surface area (Å²) in [6.07, 6.45) is 4.43. The maximum absolute atomic E-state index is 11.7. The Kier molecular flexibility index (Phi) is 8.05. The van der Waals surface area contributed by atoms with Crippen molar-refractivity contribution in [3.05, 3.63) is 50.7 Å².